The maximum absolute atomic E-state index is 3.98. The van der Waals surface area contributed by atoms with Crippen LogP contribution < -0.4 is 4.57 Å². The normalized spacial score (nSPS) is 10.2. The number of nitrogens with zero attached hydrogens (tertiary/aromatic N) is 1. The molecule has 0 fully saturated rings. The first-order valence-electron chi connectivity index (χ1n) is 5.74. The molecule has 0 saturated carbocycles. The monoisotopic (exact) mass is 216 g/mol. The van der Waals surface area contributed by atoms with Crippen molar-refractivity contribution in [2.75, 3.05) is 0 Å². The van der Waals surface area contributed by atoms with Crippen molar-refractivity contribution in [1.82, 2.24) is 0 Å². The number of pyridine rings is 1. The van der Waals surface area contributed by atoms with Gasteiger partial charge in [-0.3, -0.25) is 0 Å². The van der Waals surface area contributed by atoms with E-state index in [4.69, 9.17) is 0 Å². The number of aromatic nitrogens is 1. The molecule has 0 aromatic carbocycles. The van der Waals surface area contributed by atoms with Crippen LogP contribution in [0.1, 0.15) is 20.8 Å². The van der Waals surface area contributed by atoms with Crippen LogP contribution in [-0.2, 0) is 6.54 Å². The minimum atomic E-state index is 0.842. The molecule has 0 atom stereocenters. The third kappa shape index (κ3) is 6.77. The summed E-state index contributed by atoms with van der Waals surface area (Å²) in [5, 5.41) is 0. The summed E-state index contributed by atoms with van der Waals surface area (Å²) in [6.07, 6.45) is 12.1. The number of rotatable bonds is 4. The van der Waals surface area contributed by atoms with Gasteiger partial charge in [-0.2, -0.15) is 0 Å². The molecule has 0 aliphatic carbocycles. The number of allylic oxidation sites excluding steroid dienone is 5. The van der Waals surface area contributed by atoms with Gasteiger partial charge in [0.05, 0.1) is 0 Å². The Kier molecular flexibility index (Phi) is 8.90. The molecule has 1 nitrogen and oxygen atoms in total. The van der Waals surface area contributed by atoms with Gasteiger partial charge in [0.2, 0.25) is 0 Å². The second-order valence-corrected chi connectivity index (χ2v) is 3.09. The van der Waals surface area contributed by atoms with Gasteiger partial charge >= 0.3 is 0 Å². The molecule has 1 heterocycles. The summed E-state index contributed by atoms with van der Waals surface area (Å²) in [5.41, 5.74) is 1.10. The maximum Gasteiger partial charge on any atom is 0.173 e. The zero-order valence-electron chi connectivity index (χ0n) is 10.6. The van der Waals surface area contributed by atoms with Crippen LogP contribution in [-0.4, -0.2) is 0 Å². The highest BCUT2D eigenvalue weighted by atomic mass is 14.9. The Bertz CT molecular complexity index is 334. The smallest absolute Gasteiger partial charge is 0.173 e. The lowest BCUT2D eigenvalue weighted by atomic mass is 10.2. The van der Waals surface area contributed by atoms with Gasteiger partial charge in [0.1, 0.15) is 0 Å². The van der Waals surface area contributed by atoms with E-state index in [1.54, 1.807) is 0 Å². The summed E-state index contributed by atoms with van der Waals surface area (Å²) in [4.78, 5) is 0. The van der Waals surface area contributed by atoms with E-state index >= 15 is 0 Å². The molecule has 0 amide bonds. The molecule has 0 N–H and O–H groups in total. The molecule has 1 heteroatoms. The average Bonchev–Trinajstić information content (AvgIpc) is 2.33. The molecule has 0 spiro atoms. The van der Waals surface area contributed by atoms with Gasteiger partial charge in [-0.1, -0.05) is 50.8 Å². The lowest BCUT2D eigenvalue weighted by Crippen LogP contribution is -2.32. The highest BCUT2D eigenvalue weighted by Crippen LogP contribution is 1.93. The van der Waals surface area contributed by atoms with E-state index in [1.807, 2.05) is 75.7 Å². The third-order valence-electron chi connectivity index (χ3n) is 1.80. The molecule has 86 valence electrons. The van der Waals surface area contributed by atoms with Crippen molar-refractivity contribution in [3.63, 3.8) is 0 Å². The van der Waals surface area contributed by atoms with Crippen molar-refractivity contribution >= 4 is 0 Å². The van der Waals surface area contributed by atoms with Crippen molar-refractivity contribution in [2.45, 2.75) is 27.3 Å². The molecule has 1 aromatic rings. The second-order valence-electron chi connectivity index (χ2n) is 3.09. The number of hydrogen-bond acceptors (Lipinski definition) is 0. The molecule has 0 aliphatic rings. The molecule has 0 saturated heterocycles. The maximum atomic E-state index is 3.98. The highest BCUT2D eigenvalue weighted by molar-refractivity contribution is 5.17. The topological polar surface area (TPSA) is 3.88 Å². The van der Waals surface area contributed by atoms with E-state index in [1.165, 1.54) is 0 Å². The van der Waals surface area contributed by atoms with Crippen LogP contribution in [0, 0.1) is 0 Å². The van der Waals surface area contributed by atoms with E-state index in [0.717, 1.165) is 12.1 Å². The predicted molar refractivity (Wildman–Crippen MR) is 71.1 cm³/mol. The fraction of sp³-hybridized carbons (Fsp3) is 0.267. The summed E-state index contributed by atoms with van der Waals surface area (Å²) < 4.78 is 2.10. The zero-order valence-corrected chi connectivity index (χ0v) is 10.6. The highest BCUT2D eigenvalue weighted by Gasteiger charge is 1.97. The minimum Gasteiger partial charge on any atom is -0.201 e. The lowest BCUT2D eigenvalue weighted by Gasteiger charge is -1.94. The SMILES string of the molecule is C=C(/C=C\C=C/C)C[n+]1ccccc1.CC. The molecule has 0 bridgehead atoms. The zero-order chi connectivity index (χ0) is 12.2. The molecule has 0 aliphatic heterocycles. The molecule has 1 rings (SSSR count). The minimum absolute atomic E-state index is 0.842. The third-order valence-corrected chi connectivity index (χ3v) is 1.80. The first kappa shape index (κ1) is 14.4. The lowest BCUT2D eigenvalue weighted by molar-refractivity contribution is -0.688. The molecule has 0 radical (unpaired) electrons. The molecular formula is C15H22N+. The fourth-order valence-corrected chi connectivity index (χ4v) is 1.13. The Morgan fingerprint density at radius 1 is 1.12 bits per heavy atom. The van der Waals surface area contributed by atoms with Gasteiger partial charge < -0.3 is 0 Å². The van der Waals surface area contributed by atoms with E-state index in [-0.39, 0.29) is 0 Å². The van der Waals surface area contributed by atoms with Crippen molar-refractivity contribution in [1.29, 1.82) is 0 Å². The van der Waals surface area contributed by atoms with Crippen molar-refractivity contribution < 1.29 is 4.57 Å². The summed E-state index contributed by atoms with van der Waals surface area (Å²) in [5.74, 6) is 0. The molecule has 16 heavy (non-hydrogen) atoms. The molecule has 0 unspecified atom stereocenters. The van der Waals surface area contributed by atoms with Gasteiger partial charge in [-0.25, -0.2) is 4.57 Å². The summed E-state index contributed by atoms with van der Waals surface area (Å²) in [7, 11) is 0. The van der Waals surface area contributed by atoms with Crippen LogP contribution >= 0.6 is 0 Å². The second kappa shape index (κ2) is 9.91. The van der Waals surface area contributed by atoms with Gasteiger partial charge in [-0.05, 0) is 6.92 Å². The summed E-state index contributed by atoms with van der Waals surface area (Å²) >= 11 is 0. The van der Waals surface area contributed by atoms with Crippen LogP contribution in [0.25, 0.3) is 0 Å². The van der Waals surface area contributed by atoms with Gasteiger partial charge in [0.25, 0.3) is 0 Å². The Labute approximate surface area is 99.4 Å². The van der Waals surface area contributed by atoms with Crippen LogP contribution in [0.15, 0.2) is 67.0 Å². The predicted octanol–water partition coefficient (Wildman–Crippen LogP) is 3.69. The standard InChI is InChI=1S/C13H16N.C2H6/c1-3-4-6-9-13(2)12-14-10-7-5-8-11-14;1-2/h3-11H,2,12H2,1H3;1-2H3/q+1;/b4-3-,9-6-;. The molecule has 1 aromatic heterocycles. The van der Waals surface area contributed by atoms with Crippen molar-refractivity contribution in [3.05, 3.63) is 67.0 Å². The van der Waals surface area contributed by atoms with Crippen molar-refractivity contribution in [3.8, 4) is 0 Å². The van der Waals surface area contributed by atoms with Crippen LogP contribution in [0.4, 0.5) is 0 Å². The van der Waals surface area contributed by atoms with E-state index < -0.39 is 0 Å². The first-order valence-corrected chi connectivity index (χ1v) is 5.74. The average molecular weight is 216 g/mol. The van der Waals surface area contributed by atoms with E-state index in [0.29, 0.717) is 0 Å². The van der Waals surface area contributed by atoms with Gasteiger partial charge in [-0.15, -0.1) is 0 Å². The van der Waals surface area contributed by atoms with Gasteiger partial charge in [0.15, 0.2) is 18.9 Å². The Balaban J connectivity index is 0.00000106. The Morgan fingerprint density at radius 2 is 1.75 bits per heavy atom. The Morgan fingerprint density at radius 3 is 2.31 bits per heavy atom. The Hall–Kier alpha value is -1.63. The quantitative estimate of drug-likeness (QED) is 0.534. The van der Waals surface area contributed by atoms with Gasteiger partial charge in [0, 0.05) is 17.7 Å². The van der Waals surface area contributed by atoms with Crippen LogP contribution in [0.5, 0.6) is 0 Å². The van der Waals surface area contributed by atoms with Crippen molar-refractivity contribution in [2.24, 2.45) is 0 Å². The van der Waals surface area contributed by atoms with Crippen LogP contribution in [0.2, 0.25) is 0 Å². The fourth-order valence-electron chi connectivity index (χ4n) is 1.13. The summed E-state index contributed by atoms with van der Waals surface area (Å²) in [6, 6.07) is 6.04. The van der Waals surface area contributed by atoms with E-state index in [2.05, 4.69) is 11.1 Å². The summed E-state index contributed by atoms with van der Waals surface area (Å²) in [6.45, 7) is 10.8. The number of hydrogen-bond donors (Lipinski definition) is 0. The molecular weight excluding hydrogens is 194 g/mol. The largest absolute Gasteiger partial charge is 0.201 e. The van der Waals surface area contributed by atoms with E-state index in [9.17, 15) is 0 Å². The first-order chi connectivity index (χ1) is 7.83. The van der Waals surface area contributed by atoms with Crippen LogP contribution in [0.3, 0.4) is 0 Å².